The second-order valence-corrected chi connectivity index (χ2v) is 7.68. The summed E-state index contributed by atoms with van der Waals surface area (Å²) in [7, 11) is 0. The molecule has 0 aliphatic heterocycles. The van der Waals surface area contributed by atoms with Gasteiger partial charge in [-0.3, -0.25) is 24.0 Å². The van der Waals surface area contributed by atoms with Crippen LogP contribution >= 0.6 is 0 Å². The van der Waals surface area contributed by atoms with Crippen molar-refractivity contribution in [1.29, 1.82) is 0 Å². The average molecular weight is 495 g/mol. The van der Waals surface area contributed by atoms with Crippen LogP contribution in [0.15, 0.2) is 30.3 Å². The van der Waals surface area contributed by atoms with Gasteiger partial charge in [0, 0.05) is 6.42 Å². The average Bonchev–Trinajstić information content (AvgIpc) is 2.79. The molecular weight excluding hydrogens is 464 g/mol. The zero-order valence-corrected chi connectivity index (χ0v) is 18.8. The van der Waals surface area contributed by atoms with Crippen LogP contribution in [0.25, 0.3) is 0 Å². The van der Waals surface area contributed by atoms with Crippen LogP contribution in [-0.2, 0) is 35.2 Å². The fraction of sp³-hybridized carbons (Fsp3) is 0.429. The van der Waals surface area contributed by atoms with Gasteiger partial charge in [-0.2, -0.15) is 0 Å². The number of nitrogens with one attached hydrogen (secondary N) is 3. The van der Waals surface area contributed by atoms with E-state index in [0.29, 0.717) is 0 Å². The predicted octanol–water partition coefficient (Wildman–Crippen LogP) is -3.77. The van der Waals surface area contributed by atoms with Gasteiger partial charge in [-0.05, 0) is 18.4 Å². The van der Waals surface area contributed by atoms with Gasteiger partial charge in [-0.25, -0.2) is 4.79 Å². The topological polar surface area (TPSA) is 257 Å². The van der Waals surface area contributed by atoms with E-state index in [0.717, 1.165) is 5.56 Å². The molecule has 4 atom stereocenters. The Kier molecular flexibility index (Phi) is 11.8. The Balaban J connectivity index is 2.84. The summed E-state index contributed by atoms with van der Waals surface area (Å²) in [5.74, 6) is -6.15. The number of carboxylic acids is 1. The Morgan fingerprint density at radius 1 is 0.800 bits per heavy atom. The lowest BCUT2D eigenvalue weighted by Gasteiger charge is -2.23. The zero-order valence-electron chi connectivity index (χ0n) is 18.8. The quantitative estimate of drug-likeness (QED) is 0.119. The van der Waals surface area contributed by atoms with Crippen molar-refractivity contribution in [3.8, 4) is 0 Å². The second-order valence-electron chi connectivity index (χ2n) is 7.68. The SMILES string of the molecule is NC(=O)CCC(NC(=O)C(CC(N)=O)NC(=O)C(CO)NC(=O)C(N)Cc1ccccc1)C(=O)O. The van der Waals surface area contributed by atoms with Crippen molar-refractivity contribution in [1.82, 2.24) is 16.0 Å². The minimum absolute atomic E-state index is 0.154. The van der Waals surface area contributed by atoms with Crippen LogP contribution in [0.5, 0.6) is 0 Å². The molecule has 0 saturated heterocycles. The molecule has 11 N–H and O–H groups in total. The molecule has 14 nitrogen and oxygen atoms in total. The van der Waals surface area contributed by atoms with E-state index in [9.17, 15) is 39.0 Å². The van der Waals surface area contributed by atoms with E-state index in [1.165, 1.54) is 0 Å². The Morgan fingerprint density at radius 2 is 1.34 bits per heavy atom. The Hall–Kier alpha value is -4.04. The van der Waals surface area contributed by atoms with E-state index in [2.05, 4.69) is 16.0 Å². The molecule has 14 heteroatoms. The predicted molar refractivity (Wildman–Crippen MR) is 121 cm³/mol. The summed E-state index contributed by atoms with van der Waals surface area (Å²) in [4.78, 5) is 71.2. The number of hydrogen-bond donors (Lipinski definition) is 8. The summed E-state index contributed by atoms with van der Waals surface area (Å²) in [5, 5.41) is 25.3. The zero-order chi connectivity index (χ0) is 26.5. The number of rotatable bonds is 15. The molecule has 0 spiro atoms. The Morgan fingerprint density at radius 3 is 1.86 bits per heavy atom. The Bertz CT molecular complexity index is 926. The number of nitrogens with two attached hydrogens (primary N) is 3. The van der Waals surface area contributed by atoms with Crippen LogP contribution in [0.3, 0.4) is 0 Å². The first-order valence-electron chi connectivity index (χ1n) is 10.6. The number of benzene rings is 1. The number of hydrogen-bond acceptors (Lipinski definition) is 8. The third kappa shape index (κ3) is 10.6. The summed E-state index contributed by atoms with van der Waals surface area (Å²) >= 11 is 0. The highest BCUT2D eigenvalue weighted by molar-refractivity contribution is 5.96. The van der Waals surface area contributed by atoms with E-state index in [1.54, 1.807) is 30.3 Å². The highest BCUT2D eigenvalue weighted by Gasteiger charge is 2.31. The molecule has 35 heavy (non-hydrogen) atoms. The van der Waals surface area contributed by atoms with Crippen molar-refractivity contribution in [3.05, 3.63) is 35.9 Å². The minimum Gasteiger partial charge on any atom is -0.480 e. The molecule has 0 fully saturated rings. The van der Waals surface area contributed by atoms with Gasteiger partial charge in [-0.15, -0.1) is 0 Å². The molecule has 0 heterocycles. The number of primary amides is 2. The molecule has 0 aliphatic carbocycles. The highest BCUT2D eigenvalue weighted by atomic mass is 16.4. The number of aliphatic carboxylic acids is 1. The maximum absolute atomic E-state index is 12.6. The first kappa shape index (κ1) is 29.0. The van der Waals surface area contributed by atoms with Gasteiger partial charge in [0.25, 0.3) is 0 Å². The molecule has 0 radical (unpaired) electrons. The van der Waals surface area contributed by atoms with Crippen LogP contribution in [-0.4, -0.2) is 76.5 Å². The van der Waals surface area contributed by atoms with Crippen molar-refractivity contribution in [2.75, 3.05) is 6.61 Å². The van der Waals surface area contributed by atoms with Gasteiger partial charge in [0.2, 0.25) is 29.5 Å². The van der Waals surface area contributed by atoms with Crippen LogP contribution < -0.4 is 33.2 Å². The summed E-state index contributed by atoms with van der Waals surface area (Å²) in [5.41, 5.74) is 16.7. The molecule has 0 aromatic heterocycles. The first-order valence-corrected chi connectivity index (χ1v) is 10.6. The molecule has 5 amide bonds. The van der Waals surface area contributed by atoms with E-state index < -0.39 is 72.7 Å². The number of amides is 5. The van der Waals surface area contributed by atoms with Gasteiger partial charge < -0.3 is 43.4 Å². The van der Waals surface area contributed by atoms with E-state index >= 15 is 0 Å². The Labute approximate surface area is 200 Å². The smallest absolute Gasteiger partial charge is 0.326 e. The molecule has 1 rings (SSSR count). The summed E-state index contributed by atoms with van der Waals surface area (Å²) < 4.78 is 0. The van der Waals surface area contributed by atoms with Gasteiger partial charge in [0.05, 0.1) is 19.1 Å². The lowest BCUT2D eigenvalue weighted by Crippen LogP contribution is -2.58. The fourth-order valence-electron chi connectivity index (χ4n) is 2.93. The molecule has 0 bridgehead atoms. The van der Waals surface area contributed by atoms with Gasteiger partial charge in [0.1, 0.15) is 18.1 Å². The molecule has 0 aliphatic rings. The molecular formula is C21H30N6O8. The van der Waals surface area contributed by atoms with Crippen LogP contribution in [0.2, 0.25) is 0 Å². The third-order valence-electron chi connectivity index (χ3n) is 4.78. The summed E-state index contributed by atoms with van der Waals surface area (Å²) in [6.07, 6.45) is -1.23. The number of carbonyl (C=O) groups excluding carboxylic acids is 5. The van der Waals surface area contributed by atoms with Crippen molar-refractivity contribution < 1.29 is 39.0 Å². The lowest BCUT2D eigenvalue weighted by atomic mass is 10.1. The van der Waals surface area contributed by atoms with Crippen molar-refractivity contribution in [3.63, 3.8) is 0 Å². The van der Waals surface area contributed by atoms with Crippen LogP contribution in [0.4, 0.5) is 0 Å². The maximum Gasteiger partial charge on any atom is 0.326 e. The maximum atomic E-state index is 12.6. The van der Waals surface area contributed by atoms with Gasteiger partial charge >= 0.3 is 5.97 Å². The molecule has 0 saturated carbocycles. The van der Waals surface area contributed by atoms with E-state index in [1.807, 2.05) is 0 Å². The standard InChI is InChI=1S/C21H30N6O8/c22-12(8-11-4-2-1-3-5-11)18(31)27-15(10-28)20(33)26-14(9-17(24)30)19(32)25-13(21(34)35)6-7-16(23)29/h1-5,12-15,28H,6-10,22H2,(H2,23,29)(H2,24,30)(H,25,32)(H,26,33)(H,27,31)(H,34,35). The molecule has 4 unspecified atom stereocenters. The monoisotopic (exact) mass is 494 g/mol. The molecule has 192 valence electrons. The third-order valence-corrected chi connectivity index (χ3v) is 4.78. The van der Waals surface area contributed by atoms with E-state index in [-0.39, 0.29) is 19.3 Å². The van der Waals surface area contributed by atoms with Crippen molar-refractivity contribution >= 4 is 35.5 Å². The molecule has 1 aromatic rings. The van der Waals surface area contributed by atoms with Crippen molar-refractivity contribution in [2.24, 2.45) is 17.2 Å². The largest absolute Gasteiger partial charge is 0.480 e. The number of aliphatic hydroxyl groups excluding tert-OH is 1. The number of aliphatic hydroxyl groups is 1. The van der Waals surface area contributed by atoms with Crippen LogP contribution in [0, 0.1) is 0 Å². The number of carboxylic acid groups (broad SMARTS) is 1. The molecule has 1 aromatic carbocycles. The summed E-state index contributed by atoms with van der Waals surface area (Å²) in [6.45, 7) is -0.864. The lowest BCUT2D eigenvalue weighted by molar-refractivity contribution is -0.142. The van der Waals surface area contributed by atoms with Gasteiger partial charge in [0.15, 0.2) is 0 Å². The number of carbonyl (C=O) groups is 6. The fourth-order valence-corrected chi connectivity index (χ4v) is 2.93. The first-order chi connectivity index (χ1) is 16.4. The minimum atomic E-state index is -1.63. The van der Waals surface area contributed by atoms with Crippen molar-refractivity contribution in [2.45, 2.75) is 49.9 Å². The van der Waals surface area contributed by atoms with Gasteiger partial charge in [-0.1, -0.05) is 30.3 Å². The summed E-state index contributed by atoms with van der Waals surface area (Å²) in [6, 6.07) is 3.08. The normalized spacial score (nSPS) is 14.0. The second kappa shape index (κ2) is 14.3. The highest BCUT2D eigenvalue weighted by Crippen LogP contribution is 2.03. The van der Waals surface area contributed by atoms with E-state index in [4.69, 9.17) is 17.2 Å². The van der Waals surface area contributed by atoms with Crippen LogP contribution in [0.1, 0.15) is 24.8 Å².